The highest BCUT2D eigenvalue weighted by molar-refractivity contribution is 5.87. The molecule has 2 amide bonds. The Morgan fingerprint density at radius 3 is 2.38 bits per heavy atom. The second-order valence-electron chi connectivity index (χ2n) is 3.44. The van der Waals surface area contributed by atoms with Gasteiger partial charge in [-0.1, -0.05) is 0 Å². The number of nitrogens with two attached hydrogens (primary N) is 2. The van der Waals surface area contributed by atoms with Crippen molar-refractivity contribution in [3.63, 3.8) is 0 Å². The number of ether oxygens (including phenoxy) is 1. The van der Waals surface area contributed by atoms with Gasteiger partial charge in [-0.05, 0) is 0 Å². The first-order valence-corrected chi connectivity index (χ1v) is 5.00. The Morgan fingerprint density at radius 2 is 1.88 bits per heavy atom. The standard InChI is InChI=1S/C8H17N5O3/c9-11-7(14)5-6(8(15)12-10)13-1-3-16-4-2-13/h6H,1-5,9-10H2,(H,11,14)(H,12,15). The van der Waals surface area contributed by atoms with E-state index in [1.807, 2.05) is 15.8 Å². The number of amides is 2. The van der Waals surface area contributed by atoms with E-state index in [-0.39, 0.29) is 6.42 Å². The van der Waals surface area contributed by atoms with Gasteiger partial charge in [0.05, 0.1) is 25.7 Å². The molecule has 0 aromatic heterocycles. The van der Waals surface area contributed by atoms with Gasteiger partial charge < -0.3 is 4.74 Å². The second kappa shape index (κ2) is 6.38. The Bertz CT molecular complexity index is 254. The molecule has 6 N–H and O–H groups in total. The molecule has 0 aliphatic carbocycles. The molecule has 1 rings (SSSR count). The summed E-state index contributed by atoms with van der Waals surface area (Å²) in [6.07, 6.45) is -0.0144. The van der Waals surface area contributed by atoms with Crippen molar-refractivity contribution in [2.45, 2.75) is 12.5 Å². The summed E-state index contributed by atoms with van der Waals surface area (Å²) in [5.74, 6) is 9.26. The molecular formula is C8H17N5O3. The number of hydrazine groups is 2. The lowest BCUT2D eigenvalue weighted by molar-refractivity contribution is -0.133. The molecule has 0 saturated carbocycles. The lowest BCUT2D eigenvalue weighted by Gasteiger charge is -2.32. The van der Waals surface area contributed by atoms with Gasteiger partial charge in [0, 0.05) is 13.1 Å². The molecular weight excluding hydrogens is 214 g/mol. The summed E-state index contributed by atoms with van der Waals surface area (Å²) < 4.78 is 5.16. The molecule has 0 aromatic carbocycles. The number of carbonyl (C=O) groups excluding carboxylic acids is 2. The minimum absolute atomic E-state index is 0.0144. The molecule has 92 valence electrons. The molecule has 0 spiro atoms. The van der Waals surface area contributed by atoms with E-state index in [0.29, 0.717) is 26.3 Å². The molecule has 16 heavy (non-hydrogen) atoms. The number of nitrogens with zero attached hydrogens (tertiary/aromatic N) is 1. The maximum absolute atomic E-state index is 11.5. The Labute approximate surface area is 93.2 Å². The van der Waals surface area contributed by atoms with Crippen LogP contribution in [0, 0.1) is 0 Å². The van der Waals surface area contributed by atoms with E-state index < -0.39 is 17.9 Å². The summed E-state index contributed by atoms with van der Waals surface area (Å²) >= 11 is 0. The van der Waals surface area contributed by atoms with E-state index in [2.05, 4.69) is 0 Å². The normalized spacial score (nSPS) is 18.9. The predicted octanol–water partition coefficient (Wildman–Crippen LogP) is -2.94. The number of morpholine rings is 1. The van der Waals surface area contributed by atoms with Gasteiger partial charge in [-0.25, -0.2) is 11.7 Å². The highest BCUT2D eigenvalue weighted by atomic mass is 16.5. The molecule has 1 atom stereocenters. The molecule has 8 nitrogen and oxygen atoms in total. The number of nitrogens with one attached hydrogen (secondary N) is 2. The van der Waals surface area contributed by atoms with Gasteiger partial charge in [0.25, 0.3) is 5.91 Å². The van der Waals surface area contributed by atoms with Crippen LogP contribution in [0.2, 0.25) is 0 Å². The largest absolute Gasteiger partial charge is 0.379 e. The average Bonchev–Trinajstić information content (AvgIpc) is 2.35. The van der Waals surface area contributed by atoms with Gasteiger partial charge in [0.1, 0.15) is 0 Å². The number of rotatable bonds is 4. The van der Waals surface area contributed by atoms with Gasteiger partial charge in [0.15, 0.2) is 0 Å². The predicted molar refractivity (Wildman–Crippen MR) is 55.5 cm³/mol. The molecule has 1 fully saturated rings. The second-order valence-corrected chi connectivity index (χ2v) is 3.44. The number of hydrogen-bond donors (Lipinski definition) is 4. The van der Waals surface area contributed by atoms with Gasteiger partial charge in [0.2, 0.25) is 5.91 Å². The van der Waals surface area contributed by atoms with Gasteiger partial charge >= 0.3 is 0 Å². The van der Waals surface area contributed by atoms with Crippen molar-refractivity contribution in [3.05, 3.63) is 0 Å². The Hall–Kier alpha value is -1.22. The third kappa shape index (κ3) is 3.42. The fraction of sp³-hybridized carbons (Fsp3) is 0.750. The van der Waals surface area contributed by atoms with Gasteiger partial charge in [-0.2, -0.15) is 0 Å². The topological polar surface area (TPSA) is 123 Å². The Kier molecular flexibility index (Phi) is 5.12. The Morgan fingerprint density at radius 1 is 1.25 bits per heavy atom. The zero-order valence-corrected chi connectivity index (χ0v) is 8.94. The molecule has 1 heterocycles. The van der Waals surface area contributed by atoms with E-state index in [1.54, 1.807) is 0 Å². The third-order valence-corrected chi connectivity index (χ3v) is 2.47. The first-order valence-electron chi connectivity index (χ1n) is 5.00. The van der Waals surface area contributed by atoms with Crippen LogP contribution in [0.5, 0.6) is 0 Å². The SMILES string of the molecule is NNC(=O)CC(C(=O)NN)N1CCOCC1. The zero-order valence-electron chi connectivity index (χ0n) is 8.94. The number of carbonyl (C=O) groups is 2. The van der Waals surface area contributed by atoms with Gasteiger partial charge in [-0.15, -0.1) is 0 Å². The monoisotopic (exact) mass is 231 g/mol. The third-order valence-electron chi connectivity index (χ3n) is 2.47. The minimum atomic E-state index is -0.600. The van der Waals surface area contributed by atoms with Crippen molar-refractivity contribution in [2.75, 3.05) is 26.3 Å². The van der Waals surface area contributed by atoms with Crippen LogP contribution in [0.4, 0.5) is 0 Å². The average molecular weight is 231 g/mol. The van der Waals surface area contributed by atoms with Crippen LogP contribution in [-0.2, 0) is 14.3 Å². The van der Waals surface area contributed by atoms with Crippen molar-refractivity contribution >= 4 is 11.8 Å². The van der Waals surface area contributed by atoms with Crippen molar-refractivity contribution in [2.24, 2.45) is 11.7 Å². The van der Waals surface area contributed by atoms with Crippen LogP contribution in [0.15, 0.2) is 0 Å². The molecule has 0 bridgehead atoms. The molecule has 0 aromatic rings. The van der Waals surface area contributed by atoms with Crippen molar-refractivity contribution < 1.29 is 14.3 Å². The van der Waals surface area contributed by atoms with E-state index in [9.17, 15) is 9.59 Å². The quantitative estimate of drug-likeness (QED) is 0.233. The van der Waals surface area contributed by atoms with E-state index in [0.717, 1.165) is 0 Å². The van der Waals surface area contributed by atoms with E-state index in [4.69, 9.17) is 16.4 Å². The van der Waals surface area contributed by atoms with Crippen LogP contribution < -0.4 is 22.5 Å². The highest BCUT2D eigenvalue weighted by Crippen LogP contribution is 2.07. The summed E-state index contributed by atoms with van der Waals surface area (Å²) in [7, 11) is 0. The highest BCUT2D eigenvalue weighted by Gasteiger charge is 2.28. The van der Waals surface area contributed by atoms with Crippen LogP contribution in [0.3, 0.4) is 0 Å². The first kappa shape index (κ1) is 12.8. The molecule has 1 unspecified atom stereocenters. The van der Waals surface area contributed by atoms with Crippen LogP contribution >= 0.6 is 0 Å². The van der Waals surface area contributed by atoms with Crippen LogP contribution in [-0.4, -0.2) is 49.1 Å². The van der Waals surface area contributed by atoms with Gasteiger partial charge in [-0.3, -0.25) is 25.3 Å². The lowest BCUT2D eigenvalue weighted by Crippen LogP contribution is -2.54. The summed E-state index contributed by atoms with van der Waals surface area (Å²) in [6, 6.07) is -0.600. The van der Waals surface area contributed by atoms with Crippen LogP contribution in [0.25, 0.3) is 0 Å². The van der Waals surface area contributed by atoms with Crippen molar-refractivity contribution in [3.8, 4) is 0 Å². The lowest BCUT2D eigenvalue weighted by atomic mass is 10.1. The summed E-state index contributed by atoms with van der Waals surface area (Å²) in [6.45, 7) is 2.27. The first-order chi connectivity index (χ1) is 7.69. The zero-order chi connectivity index (χ0) is 12.0. The fourth-order valence-corrected chi connectivity index (χ4v) is 1.61. The molecule has 8 heteroatoms. The van der Waals surface area contributed by atoms with Crippen molar-refractivity contribution in [1.82, 2.24) is 15.8 Å². The maximum atomic E-state index is 11.5. The molecule has 1 saturated heterocycles. The minimum Gasteiger partial charge on any atom is -0.379 e. The van der Waals surface area contributed by atoms with E-state index in [1.165, 1.54) is 0 Å². The summed E-state index contributed by atoms with van der Waals surface area (Å²) in [5.41, 5.74) is 4.05. The fourth-order valence-electron chi connectivity index (χ4n) is 1.61. The summed E-state index contributed by atoms with van der Waals surface area (Å²) in [5, 5.41) is 0. The number of hydrogen-bond acceptors (Lipinski definition) is 6. The van der Waals surface area contributed by atoms with Crippen molar-refractivity contribution in [1.29, 1.82) is 0 Å². The van der Waals surface area contributed by atoms with E-state index >= 15 is 0 Å². The summed E-state index contributed by atoms with van der Waals surface area (Å²) in [4.78, 5) is 24.5. The molecule has 1 aliphatic rings. The smallest absolute Gasteiger partial charge is 0.251 e. The molecule has 0 radical (unpaired) electrons. The molecule has 1 aliphatic heterocycles. The maximum Gasteiger partial charge on any atom is 0.251 e. The van der Waals surface area contributed by atoms with Crippen LogP contribution in [0.1, 0.15) is 6.42 Å². The Balaban J connectivity index is 2.61.